The summed E-state index contributed by atoms with van der Waals surface area (Å²) in [5.41, 5.74) is 0.398. The second-order valence-corrected chi connectivity index (χ2v) is 3.96. The van der Waals surface area contributed by atoms with Crippen LogP contribution < -0.4 is 0 Å². The molecule has 3 fully saturated rings. The van der Waals surface area contributed by atoms with Crippen LogP contribution in [0.1, 0.15) is 0 Å². The van der Waals surface area contributed by atoms with Gasteiger partial charge in [-0.3, -0.25) is 4.90 Å². The molecule has 62 valence electrons. The van der Waals surface area contributed by atoms with E-state index in [1.807, 2.05) is 0 Å². The Morgan fingerprint density at radius 1 is 1.18 bits per heavy atom. The van der Waals surface area contributed by atoms with E-state index < -0.39 is 0 Å². The summed E-state index contributed by atoms with van der Waals surface area (Å²) in [5.74, 6) is 0. The lowest BCUT2D eigenvalue weighted by molar-refractivity contribution is -0.0549. The van der Waals surface area contributed by atoms with Crippen LogP contribution in [0.5, 0.6) is 0 Å². The molecule has 3 heterocycles. The van der Waals surface area contributed by atoms with Crippen LogP contribution >= 0.6 is 0 Å². The molecule has 3 heteroatoms. The van der Waals surface area contributed by atoms with Crippen LogP contribution in [0.2, 0.25) is 0 Å². The second-order valence-electron chi connectivity index (χ2n) is 3.96. The lowest BCUT2D eigenvalue weighted by Gasteiger charge is -2.53. The molecule has 0 bridgehead atoms. The highest BCUT2D eigenvalue weighted by atomic mass is 16.5. The summed E-state index contributed by atoms with van der Waals surface area (Å²) in [4.78, 5) is 2.40. The first-order valence-electron chi connectivity index (χ1n) is 4.22. The fourth-order valence-corrected chi connectivity index (χ4v) is 2.88. The number of hydrogen-bond donors (Lipinski definition) is 0. The number of hydrogen-bond acceptors (Lipinski definition) is 3. The number of likely N-dealkylation sites (N-methyl/N-ethyl adjacent to an activating group) is 1. The first-order chi connectivity index (χ1) is 5.34. The van der Waals surface area contributed by atoms with E-state index in [9.17, 15) is 0 Å². The summed E-state index contributed by atoms with van der Waals surface area (Å²) in [6.07, 6.45) is 0. The zero-order chi connectivity index (χ0) is 7.47. The van der Waals surface area contributed by atoms with Gasteiger partial charge in [0, 0.05) is 12.1 Å². The molecule has 0 aromatic rings. The van der Waals surface area contributed by atoms with Gasteiger partial charge in [0.15, 0.2) is 0 Å². The maximum atomic E-state index is 5.48. The fraction of sp³-hybridized carbons (Fsp3) is 1.00. The third-order valence-corrected chi connectivity index (χ3v) is 3.60. The van der Waals surface area contributed by atoms with Gasteiger partial charge < -0.3 is 9.47 Å². The van der Waals surface area contributed by atoms with Crippen LogP contribution in [-0.4, -0.2) is 50.5 Å². The minimum Gasteiger partial charge on any atom is -0.379 e. The molecule has 11 heavy (non-hydrogen) atoms. The monoisotopic (exact) mass is 155 g/mol. The van der Waals surface area contributed by atoms with Crippen LogP contribution in [0.15, 0.2) is 0 Å². The molecule has 0 saturated carbocycles. The molecule has 0 radical (unpaired) electrons. The molecule has 2 atom stereocenters. The van der Waals surface area contributed by atoms with Gasteiger partial charge in [-0.1, -0.05) is 0 Å². The Kier molecular flexibility index (Phi) is 1.04. The molecule has 0 aliphatic carbocycles. The predicted molar refractivity (Wildman–Crippen MR) is 39.4 cm³/mol. The van der Waals surface area contributed by atoms with Crippen molar-refractivity contribution in [1.29, 1.82) is 0 Å². The molecule has 3 aliphatic rings. The van der Waals surface area contributed by atoms with E-state index in [0.717, 1.165) is 26.4 Å². The second kappa shape index (κ2) is 1.79. The van der Waals surface area contributed by atoms with E-state index in [4.69, 9.17) is 9.47 Å². The fourth-order valence-electron chi connectivity index (χ4n) is 2.88. The number of ether oxygens (including phenoxy) is 2. The maximum Gasteiger partial charge on any atom is 0.0629 e. The van der Waals surface area contributed by atoms with Crippen molar-refractivity contribution in [2.45, 2.75) is 12.1 Å². The summed E-state index contributed by atoms with van der Waals surface area (Å²) < 4.78 is 11.0. The van der Waals surface area contributed by atoms with Crippen molar-refractivity contribution in [2.75, 3.05) is 33.5 Å². The third-order valence-electron chi connectivity index (χ3n) is 3.60. The molecule has 3 nitrogen and oxygen atoms in total. The van der Waals surface area contributed by atoms with Crippen LogP contribution in [0.3, 0.4) is 0 Å². The summed E-state index contributed by atoms with van der Waals surface area (Å²) in [6, 6.07) is 1.30. The van der Waals surface area contributed by atoms with Crippen molar-refractivity contribution in [3.8, 4) is 0 Å². The van der Waals surface area contributed by atoms with Crippen molar-refractivity contribution in [2.24, 2.45) is 5.41 Å². The smallest absolute Gasteiger partial charge is 0.0629 e. The van der Waals surface area contributed by atoms with Gasteiger partial charge in [-0.15, -0.1) is 0 Å². The summed E-state index contributed by atoms with van der Waals surface area (Å²) in [7, 11) is 2.18. The van der Waals surface area contributed by atoms with Crippen LogP contribution in [0.25, 0.3) is 0 Å². The molecule has 0 amide bonds. The lowest BCUT2D eigenvalue weighted by atomic mass is 9.69. The third kappa shape index (κ3) is 0.534. The normalized spacial score (nSPS) is 55.4. The van der Waals surface area contributed by atoms with E-state index in [1.165, 1.54) is 0 Å². The molecule has 1 spiro atoms. The highest BCUT2D eigenvalue weighted by Crippen LogP contribution is 2.50. The van der Waals surface area contributed by atoms with Crippen molar-refractivity contribution >= 4 is 0 Å². The minimum absolute atomic E-state index is 0.398. The number of rotatable bonds is 0. The first-order valence-corrected chi connectivity index (χ1v) is 4.22. The van der Waals surface area contributed by atoms with E-state index in [-0.39, 0.29) is 0 Å². The van der Waals surface area contributed by atoms with Gasteiger partial charge in [0.25, 0.3) is 0 Å². The average Bonchev–Trinajstić information content (AvgIpc) is 2.56. The van der Waals surface area contributed by atoms with Crippen molar-refractivity contribution in [3.05, 3.63) is 0 Å². The highest BCUT2D eigenvalue weighted by Gasteiger charge is 2.64. The van der Waals surface area contributed by atoms with Gasteiger partial charge in [-0.05, 0) is 7.05 Å². The van der Waals surface area contributed by atoms with Gasteiger partial charge in [-0.2, -0.15) is 0 Å². The van der Waals surface area contributed by atoms with E-state index in [2.05, 4.69) is 11.9 Å². The molecule has 2 unspecified atom stereocenters. The molecule has 3 aliphatic heterocycles. The predicted octanol–water partition coefficient (Wildman–Crippen LogP) is -0.284. The minimum atomic E-state index is 0.398. The topological polar surface area (TPSA) is 21.7 Å². The average molecular weight is 155 g/mol. The first kappa shape index (κ1) is 6.40. The Labute approximate surface area is 66.3 Å². The Balaban J connectivity index is 1.95. The Hall–Kier alpha value is -0.120. The van der Waals surface area contributed by atoms with Crippen LogP contribution in [0.4, 0.5) is 0 Å². The maximum absolute atomic E-state index is 5.48. The molecule has 3 saturated heterocycles. The van der Waals surface area contributed by atoms with Gasteiger partial charge >= 0.3 is 0 Å². The largest absolute Gasteiger partial charge is 0.379 e. The van der Waals surface area contributed by atoms with Crippen molar-refractivity contribution in [3.63, 3.8) is 0 Å². The molecular formula is C8H13NO2. The quantitative estimate of drug-likeness (QED) is 0.480. The van der Waals surface area contributed by atoms with Gasteiger partial charge in [0.05, 0.1) is 31.8 Å². The molecule has 0 N–H and O–H groups in total. The number of nitrogens with zero attached hydrogens (tertiary/aromatic N) is 1. The molecule has 0 aromatic heterocycles. The van der Waals surface area contributed by atoms with Gasteiger partial charge in [-0.25, -0.2) is 0 Å². The molecule has 0 aromatic carbocycles. The summed E-state index contributed by atoms with van der Waals surface area (Å²) in [5, 5.41) is 0. The zero-order valence-corrected chi connectivity index (χ0v) is 6.75. The molecule has 3 rings (SSSR count). The molecular weight excluding hydrogens is 142 g/mol. The van der Waals surface area contributed by atoms with Gasteiger partial charge in [0.1, 0.15) is 0 Å². The summed E-state index contributed by atoms with van der Waals surface area (Å²) >= 11 is 0. The van der Waals surface area contributed by atoms with E-state index >= 15 is 0 Å². The van der Waals surface area contributed by atoms with Crippen LogP contribution in [0, 0.1) is 5.41 Å². The lowest BCUT2D eigenvalue weighted by Crippen LogP contribution is -2.69. The van der Waals surface area contributed by atoms with Crippen molar-refractivity contribution in [1.82, 2.24) is 4.90 Å². The van der Waals surface area contributed by atoms with E-state index in [1.54, 1.807) is 0 Å². The number of likely N-dealkylation sites (tertiary alicyclic amines) is 1. The SMILES string of the molecule is CN1C2COCC23COCC13. The summed E-state index contributed by atoms with van der Waals surface area (Å²) in [6.45, 7) is 3.67. The van der Waals surface area contributed by atoms with Crippen LogP contribution in [-0.2, 0) is 9.47 Å². The Morgan fingerprint density at radius 2 is 1.73 bits per heavy atom. The van der Waals surface area contributed by atoms with Crippen molar-refractivity contribution < 1.29 is 9.47 Å². The Morgan fingerprint density at radius 3 is 2.27 bits per heavy atom. The standard InChI is InChI=1S/C8H13NO2/c1-9-6-2-10-4-8(6)5-11-3-7(8)9/h6-7H,2-5H2,1H3. The Bertz CT molecular complexity index is 175. The van der Waals surface area contributed by atoms with E-state index in [0.29, 0.717) is 17.5 Å². The highest BCUT2D eigenvalue weighted by molar-refractivity contribution is 5.15. The zero-order valence-electron chi connectivity index (χ0n) is 6.75. The van der Waals surface area contributed by atoms with Gasteiger partial charge in [0.2, 0.25) is 0 Å².